The van der Waals surface area contributed by atoms with Gasteiger partial charge in [0.15, 0.2) is 0 Å². The lowest BCUT2D eigenvalue weighted by Gasteiger charge is -2.40. The van der Waals surface area contributed by atoms with Crippen LogP contribution in [0.4, 0.5) is 0 Å². The van der Waals surface area contributed by atoms with Crippen LogP contribution in [0, 0.1) is 0 Å². The van der Waals surface area contributed by atoms with Gasteiger partial charge in [0.1, 0.15) is 0 Å². The molecule has 1 aromatic rings. The van der Waals surface area contributed by atoms with Gasteiger partial charge in [-0.25, -0.2) is 0 Å². The number of rotatable bonds is 6. The molecule has 0 saturated carbocycles. The number of ether oxygens (including phenoxy) is 1. The second-order valence-corrected chi connectivity index (χ2v) is 5.91. The van der Waals surface area contributed by atoms with Crippen LogP contribution < -0.4 is 5.32 Å². The van der Waals surface area contributed by atoms with E-state index in [1.54, 1.807) is 0 Å². The van der Waals surface area contributed by atoms with Crippen LogP contribution in [0.1, 0.15) is 57.8 Å². The Morgan fingerprint density at radius 1 is 1.40 bits per heavy atom. The summed E-state index contributed by atoms with van der Waals surface area (Å²) in [6.45, 7) is 8.40. The predicted octanol–water partition coefficient (Wildman–Crippen LogP) is 2.81. The van der Waals surface area contributed by atoms with Gasteiger partial charge in [-0.15, -0.1) is 0 Å². The summed E-state index contributed by atoms with van der Waals surface area (Å²) in [4.78, 5) is 0. The SMILES string of the molecule is CCc1cc(CNC2CCOC(CC)(CC)C2)n(C)n1. The number of aryl methyl sites for hydroxylation is 2. The Hall–Kier alpha value is -0.870. The van der Waals surface area contributed by atoms with E-state index in [2.05, 4.69) is 37.3 Å². The lowest BCUT2D eigenvalue weighted by molar-refractivity contribution is -0.0932. The molecule has 0 aliphatic carbocycles. The zero-order chi connectivity index (χ0) is 14.6. The molecule has 4 nitrogen and oxygen atoms in total. The van der Waals surface area contributed by atoms with Crippen molar-refractivity contribution < 1.29 is 4.74 Å². The van der Waals surface area contributed by atoms with Crippen LogP contribution in [-0.4, -0.2) is 28.0 Å². The minimum atomic E-state index is 0.0942. The zero-order valence-corrected chi connectivity index (χ0v) is 13.4. The molecule has 1 aliphatic rings. The number of hydrogen-bond acceptors (Lipinski definition) is 3. The highest BCUT2D eigenvalue weighted by Crippen LogP contribution is 2.31. The molecule has 1 unspecified atom stereocenters. The third-order valence-corrected chi connectivity index (χ3v) is 4.74. The Morgan fingerprint density at radius 3 is 2.75 bits per heavy atom. The first-order valence-electron chi connectivity index (χ1n) is 8.01. The van der Waals surface area contributed by atoms with Gasteiger partial charge < -0.3 is 10.1 Å². The average molecular weight is 279 g/mol. The van der Waals surface area contributed by atoms with Gasteiger partial charge >= 0.3 is 0 Å². The fourth-order valence-electron chi connectivity index (χ4n) is 3.10. The maximum Gasteiger partial charge on any atom is 0.0692 e. The Kier molecular flexibility index (Phi) is 5.22. The zero-order valence-electron chi connectivity index (χ0n) is 13.4. The maximum atomic E-state index is 6.03. The molecule has 1 atom stereocenters. The largest absolute Gasteiger partial charge is 0.375 e. The van der Waals surface area contributed by atoms with E-state index >= 15 is 0 Å². The van der Waals surface area contributed by atoms with Gasteiger partial charge in [-0.05, 0) is 38.2 Å². The highest BCUT2D eigenvalue weighted by molar-refractivity contribution is 5.10. The van der Waals surface area contributed by atoms with Crippen molar-refractivity contribution in [3.05, 3.63) is 17.5 Å². The smallest absolute Gasteiger partial charge is 0.0692 e. The van der Waals surface area contributed by atoms with Crippen molar-refractivity contribution in [1.82, 2.24) is 15.1 Å². The van der Waals surface area contributed by atoms with Gasteiger partial charge in [-0.2, -0.15) is 5.10 Å². The van der Waals surface area contributed by atoms with Crippen LogP contribution in [-0.2, 0) is 24.8 Å². The summed E-state index contributed by atoms with van der Waals surface area (Å²) in [7, 11) is 2.03. The summed E-state index contributed by atoms with van der Waals surface area (Å²) in [5.74, 6) is 0. The van der Waals surface area contributed by atoms with Gasteiger partial charge in [0.25, 0.3) is 0 Å². The molecule has 114 valence electrons. The van der Waals surface area contributed by atoms with E-state index in [4.69, 9.17) is 4.74 Å². The Labute approximate surface area is 122 Å². The quantitative estimate of drug-likeness (QED) is 0.870. The highest BCUT2D eigenvalue weighted by Gasteiger charge is 2.34. The predicted molar refractivity (Wildman–Crippen MR) is 81.7 cm³/mol. The van der Waals surface area contributed by atoms with Crippen LogP contribution in [0.25, 0.3) is 0 Å². The Morgan fingerprint density at radius 2 is 2.15 bits per heavy atom. The molecule has 1 N–H and O–H groups in total. The molecule has 0 spiro atoms. The van der Waals surface area contributed by atoms with E-state index in [-0.39, 0.29) is 5.60 Å². The van der Waals surface area contributed by atoms with Crippen LogP contribution in [0.3, 0.4) is 0 Å². The Balaban J connectivity index is 1.91. The number of nitrogens with zero attached hydrogens (tertiary/aromatic N) is 2. The molecular weight excluding hydrogens is 250 g/mol. The van der Waals surface area contributed by atoms with Crippen LogP contribution in [0.15, 0.2) is 6.07 Å². The summed E-state index contributed by atoms with van der Waals surface area (Å²) in [6, 6.07) is 2.77. The first kappa shape index (κ1) is 15.5. The van der Waals surface area contributed by atoms with Gasteiger partial charge in [0.05, 0.1) is 17.0 Å². The van der Waals surface area contributed by atoms with Gasteiger partial charge in [-0.1, -0.05) is 20.8 Å². The normalized spacial score (nSPS) is 22.1. The average Bonchev–Trinajstić information content (AvgIpc) is 2.85. The minimum absolute atomic E-state index is 0.0942. The monoisotopic (exact) mass is 279 g/mol. The second-order valence-electron chi connectivity index (χ2n) is 5.91. The number of hydrogen-bond donors (Lipinski definition) is 1. The molecular formula is C16H29N3O. The first-order chi connectivity index (χ1) is 9.62. The third-order valence-electron chi connectivity index (χ3n) is 4.74. The fraction of sp³-hybridized carbons (Fsp3) is 0.812. The lowest BCUT2D eigenvalue weighted by atomic mass is 9.86. The first-order valence-corrected chi connectivity index (χ1v) is 8.01. The van der Waals surface area contributed by atoms with Crippen LogP contribution >= 0.6 is 0 Å². The van der Waals surface area contributed by atoms with E-state index in [1.807, 2.05) is 11.7 Å². The molecule has 1 fully saturated rings. The second kappa shape index (κ2) is 6.72. The molecule has 0 bridgehead atoms. The van der Waals surface area contributed by atoms with Crippen molar-refractivity contribution in [3.63, 3.8) is 0 Å². The molecule has 0 radical (unpaired) electrons. The number of nitrogens with one attached hydrogen (secondary N) is 1. The minimum Gasteiger partial charge on any atom is -0.375 e. The van der Waals surface area contributed by atoms with Crippen LogP contribution in [0.2, 0.25) is 0 Å². The lowest BCUT2D eigenvalue weighted by Crippen LogP contribution is -2.46. The van der Waals surface area contributed by atoms with Crippen molar-refractivity contribution in [3.8, 4) is 0 Å². The summed E-state index contributed by atoms with van der Waals surface area (Å²) >= 11 is 0. The molecule has 2 heterocycles. The van der Waals surface area contributed by atoms with Crippen molar-refractivity contribution in [1.29, 1.82) is 0 Å². The van der Waals surface area contributed by atoms with E-state index < -0.39 is 0 Å². The van der Waals surface area contributed by atoms with Crippen molar-refractivity contribution in [2.75, 3.05) is 6.61 Å². The molecule has 4 heteroatoms. The standard InChI is InChI=1S/C16H29N3O/c1-5-13-10-15(19(4)18-13)12-17-14-8-9-20-16(6-2,7-3)11-14/h10,14,17H,5-9,11-12H2,1-4H3. The van der Waals surface area contributed by atoms with Crippen LogP contribution in [0.5, 0.6) is 0 Å². The maximum absolute atomic E-state index is 6.03. The van der Waals surface area contributed by atoms with Crippen molar-refractivity contribution >= 4 is 0 Å². The summed E-state index contributed by atoms with van der Waals surface area (Å²) in [6.07, 6.45) is 5.44. The molecule has 1 aromatic heterocycles. The highest BCUT2D eigenvalue weighted by atomic mass is 16.5. The summed E-state index contributed by atoms with van der Waals surface area (Å²) in [5, 5.41) is 8.20. The van der Waals surface area contributed by atoms with Gasteiger partial charge in [-0.3, -0.25) is 4.68 Å². The molecule has 20 heavy (non-hydrogen) atoms. The van der Waals surface area contributed by atoms with E-state index in [0.717, 1.165) is 45.3 Å². The summed E-state index contributed by atoms with van der Waals surface area (Å²) < 4.78 is 8.03. The van der Waals surface area contributed by atoms with Crippen molar-refractivity contribution in [2.24, 2.45) is 7.05 Å². The fourth-order valence-corrected chi connectivity index (χ4v) is 3.10. The van der Waals surface area contributed by atoms with E-state index in [1.165, 1.54) is 11.4 Å². The Bertz CT molecular complexity index is 423. The molecule has 1 saturated heterocycles. The van der Waals surface area contributed by atoms with E-state index in [0.29, 0.717) is 6.04 Å². The molecule has 1 aliphatic heterocycles. The van der Waals surface area contributed by atoms with E-state index in [9.17, 15) is 0 Å². The summed E-state index contributed by atoms with van der Waals surface area (Å²) in [5.41, 5.74) is 2.54. The van der Waals surface area contributed by atoms with Gasteiger partial charge in [0.2, 0.25) is 0 Å². The van der Waals surface area contributed by atoms with Crippen molar-refractivity contribution in [2.45, 2.75) is 71.1 Å². The van der Waals surface area contributed by atoms with Gasteiger partial charge in [0, 0.05) is 26.2 Å². The molecule has 0 aromatic carbocycles. The third kappa shape index (κ3) is 3.41. The molecule has 0 amide bonds. The topological polar surface area (TPSA) is 39.1 Å². The number of aromatic nitrogens is 2. The molecule has 2 rings (SSSR count).